The van der Waals surface area contributed by atoms with Crippen LogP contribution in [0.25, 0.3) is 0 Å². The topological polar surface area (TPSA) is 62.7 Å². The number of unbranched alkanes of at least 4 members (excludes halogenated alkanes) is 2. The van der Waals surface area contributed by atoms with Crippen LogP contribution in [-0.2, 0) is 22.4 Å². The normalized spacial score (nSPS) is 12.5. The SMILES string of the molecule is COC(=O)CCCCCNC(=S)NN=C1Cc2ccccc2C1. The Morgan fingerprint density at radius 1 is 1.22 bits per heavy atom. The second kappa shape index (κ2) is 9.25. The molecule has 23 heavy (non-hydrogen) atoms. The Morgan fingerprint density at radius 3 is 2.57 bits per heavy atom. The minimum atomic E-state index is -0.150. The molecule has 0 radical (unpaired) electrons. The number of nitrogens with zero attached hydrogens (tertiary/aromatic N) is 1. The fraction of sp³-hybridized carbons (Fsp3) is 0.471. The second-order valence-electron chi connectivity index (χ2n) is 5.55. The van der Waals surface area contributed by atoms with Gasteiger partial charge in [0.15, 0.2) is 5.11 Å². The van der Waals surface area contributed by atoms with Crippen molar-refractivity contribution >= 4 is 29.0 Å². The molecule has 2 rings (SSSR count). The van der Waals surface area contributed by atoms with E-state index in [1.807, 2.05) is 0 Å². The van der Waals surface area contributed by atoms with Crippen LogP contribution in [0.15, 0.2) is 29.4 Å². The first-order valence-corrected chi connectivity index (χ1v) is 8.32. The van der Waals surface area contributed by atoms with Gasteiger partial charge in [0, 0.05) is 31.5 Å². The van der Waals surface area contributed by atoms with Gasteiger partial charge >= 0.3 is 5.97 Å². The molecule has 0 aromatic heterocycles. The highest BCUT2D eigenvalue weighted by Crippen LogP contribution is 2.19. The molecule has 5 nitrogen and oxygen atoms in total. The van der Waals surface area contributed by atoms with Gasteiger partial charge < -0.3 is 10.1 Å². The molecule has 1 aliphatic rings. The van der Waals surface area contributed by atoms with Crippen LogP contribution in [0, 0.1) is 0 Å². The second-order valence-corrected chi connectivity index (χ2v) is 5.96. The molecule has 0 amide bonds. The quantitative estimate of drug-likeness (QED) is 0.347. The number of esters is 1. The van der Waals surface area contributed by atoms with Crippen LogP contribution >= 0.6 is 12.2 Å². The highest BCUT2D eigenvalue weighted by molar-refractivity contribution is 7.80. The van der Waals surface area contributed by atoms with Gasteiger partial charge in [0.1, 0.15) is 0 Å². The van der Waals surface area contributed by atoms with Gasteiger partial charge in [-0.25, -0.2) is 0 Å². The minimum Gasteiger partial charge on any atom is -0.469 e. The summed E-state index contributed by atoms with van der Waals surface area (Å²) in [5.74, 6) is -0.150. The minimum absolute atomic E-state index is 0.150. The number of nitrogens with one attached hydrogen (secondary N) is 2. The van der Waals surface area contributed by atoms with Crippen molar-refractivity contribution in [3.05, 3.63) is 35.4 Å². The van der Waals surface area contributed by atoms with Crippen LogP contribution in [0.2, 0.25) is 0 Å². The van der Waals surface area contributed by atoms with Gasteiger partial charge in [0.2, 0.25) is 0 Å². The molecule has 1 aromatic carbocycles. The number of ether oxygens (including phenoxy) is 1. The van der Waals surface area contributed by atoms with Gasteiger partial charge in [0.05, 0.1) is 7.11 Å². The highest BCUT2D eigenvalue weighted by Gasteiger charge is 2.15. The average molecular weight is 333 g/mol. The van der Waals surface area contributed by atoms with Gasteiger partial charge in [-0.1, -0.05) is 30.7 Å². The zero-order valence-corrected chi connectivity index (χ0v) is 14.2. The number of carbonyl (C=O) groups is 1. The first kappa shape index (κ1) is 17.4. The zero-order valence-electron chi connectivity index (χ0n) is 13.4. The Bertz CT molecular complexity index is 560. The van der Waals surface area contributed by atoms with Crippen LogP contribution in [0.3, 0.4) is 0 Å². The molecule has 0 unspecified atom stereocenters. The molecular weight excluding hydrogens is 310 g/mol. The molecule has 0 aliphatic heterocycles. The summed E-state index contributed by atoms with van der Waals surface area (Å²) in [4.78, 5) is 11.0. The number of hydrogen-bond acceptors (Lipinski definition) is 4. The van der Waals surface area contributed by atoms with Crippen molar-refractivity contribution in [3.8, 4) is 0 Å². The standard InChI is InChI=1S/C17H23N3O2S/c1-22-16(21)9-3-2-6-10-18-17(23)20-19-15-11-13-7-4-5-8-14(13)12-15/h4-5,7-8H,2-3,6,9-12H2,1H3,(H2,18,20,23). The maximum atomic E-state index is 11.0. The predicted octanol–water partition coefficient (Wildman–Crippen LogP) is 2.34. The fourth-order valence-corrected chi connectivity index (χ4v) is 2.68. The summed E-state index contributed by atoms with van der Waals surface area (Å²) in [7, 11) is 1.42. The summed E-state index contributed by atoms with van der Waals surface area (Å²) in [5, 5.41) is 8.06. The lowest BCUT2D eigenvalue weighted by Gasteiger charge is -2.07. The van der Waals surface area contributed by atoms with Crippen molar-refractivity contribution in [2.75, 3.05) is 13.7 Å². The molecule has 6 heteroatoms. The number of hydrazone groups is 1. The molecule has 0 saturated heterocycles. The van der Waals surface area contributed by atoms with Gasteiger partial charge in [-0.3, -0.25) is 10.2 Å². The van der Waals surface area contributed by atoms with E-state index in [2.05, 4.69) is 44.8 Å². The van der Waals surface area contributed by atoms with Crippen molar-refractivity contribution in [2.45, 2.75) is 38.5 Å². The third-order valence-corrected chi connectivity index (χ3v) is 4.03. The maximum absolute atomic E-state index is 11.0. The summed E-state index contributed by atoms with van der Waals surface area (Å²) in [6, 6.07) is 8.40. The summed E-state index contributed by atoms with van der Waals surface area (Å²) in [6.45, 7) is 0.776. The Morgan fingerprint density at radius 2 is 1.91 bits per heavy atom. The number of rotatable bonds is 7. The van der Waals surface area contributed by atoms with Gasteiger partial charge in [-0.05, 0) is 36.2 Å². The lowest BCUT2D eigenvalue weighted by atomic mass is 10.1. The highest BCUT2D eigenvalue weighted by atomic mass is 32.1. The molecular formula is C17H23N3O2S. The van der Waals surface area contributed by atoms with E-state index in [1.165, 1.54) is 18.2 Å². The Hall–Kier alpha value is -1.95. The number of thiocarbonyl (C=S) groups is 1. The predicted molar refractivity (Wildman–Crippen MR) is 95.5 cm³/mol. The van der Waals surface area contributed by atoms with E-state index >= 15 is 0 Å². The summed E-state index contributed by atoms with van der Waals surface area (Å²) >= 11 is 5.21. The first-order valence-electron chi connectivity index (χ1n) is 7.92. The van der Waals surface area contributed by atoms with Crippen molar-refractivity contribution < 1.29 is 9.53 Å². The van der Waals surface area contributed by atoms with Crippen LogP contribution in [0.5, 0.6) is 0 Å². The lowest BCUT2D eigenvalue weighted by Crippen LogP contribution is -2.33. The third kappa shape index (κ3) is 5.98. The Labute approximate surface area is 142 Å². The van der Waals surface area contributed by atoms with Crippen LogP contribution in [0.1, 0.15) is 36.8 Å². The molecule has 1 aromatic rings. The number of hydrogen-bond donors (Lipinski definition) is 2. The maximum Gasteiger partial charge on any atom is 0.305 e. The number of carbonyl (C=O) groups excluding carboxylic acids is 1. The molecule has 0 bridgehead atoms. The molecule has 0 spiro atoms. The van der Waals surface area contributed by atoms with E-state index in [0.717, 1.165) is 44.4 Å². The molecule has 0 atom stereocenters. The van der Waals surface area contributed by atoms with E-state index in [1.54, 1.807) is 0 Å². The van der Waals surface area contributed by atoms with E-state index in [0.29, 0.717) is 11.5 Å². The zero-order chi connectivity index (χ0) is 16.5. The number of benzene rings is 1. The Balaban J connectivity index is 1.58. The van der Waals surface area contributed by atoms with Crippen molar-refractivity contribution in [1.29, 1.82) is 0 Å². The van der Waals surface area contributed by atoms with Crippen molar-refractivity contribution in [2.24, 2.45) is 5.10 Å². The summed E-state index contributed by atoms with van der Waals surface area (Å²) < 4.78 is 4.60. The number of fused-ring (bicyclic) bond motifs is 1. The fourth-order valence-electron chi connectivity index (χ4n) is 2.53. The molecule has 2 N–H and O–H groups in total. The van der Waals surface area contributed by atoms with Crippen LogP contribution in [0.4, 0.5) is 0 Å². The third-order valence-electron chi connectivity index (χ3n) is 3.79. The van der Waals surface area contributed by atoms with E-state index in [4.69, 9.17) is 12.2 Å². The van der Waals surface area contributed by atoms with Gasteiger partial charge in [-0.15, -0.1) is 0 Å². The van der Waals surface area contributed by atoms with Crippen LogP contribution in [-0.4, -0.2) is 30.4 Å². The summed E-state index contributed by atoms with van der Waals surface area (Å²) in [6.07, 6.45) is 5.02. The molecule has 124 valence electrons. The largest absolute Gasteiger partial charge is 0.469 e. The lowest BCUT2D eigenvalue weighted by molar-refractivity contribution is -0.140. The molecule has 0 saturated carbocycles. The summed E-state index contributed by atoms with van der Waals surface area (Å²) in [5.41, 5.74) is 6.71. The Kier molecular flexibility index (Phi) is 7.00. The monoisotopic (exact) mass is 333 g/mol. The van der Waals surface area contributed by atoms with Gasteiger partial charge in [-0.2, -0.15) is 5.10 Å². The van der Waals surface area contributed by atoms with Gasteiger partial charge in [0.25, 0.3) is 0 Å². The van der Waals surface area contributed by atoms with Crippen LogP contribution < -0.4 is 10.7 Å². The molecule has 0 heterocycles. The van der Waals surface area contributed by atoms with E-state index in [9.17, 15) is 4.79 Å². The van der Waals surface area contributed by atoms with Crippen molar-refractivity contribution in [1.82, 2.24) is 10.7 Å². The van der Waals surface area contributed by atoms with Crippen molar-refractivity contribution in [3.63, 3.8) is 0 Å². The molecule has 0 fully saturated rings. The first-order chi connectivity index (χ1) is 11.2. The smallest absolute Gasteiger partial charge is 0.305 e. The van der Waals surface area contributed by atoms with E-state index < -0.39 is 0 Å². The average Bonchev–Trinajstić information content (AvgIpc) is 2.98. The molecule has 1 aliphatic carbocycles. The number of methoxy groups -OCH3 is 1. The van der Waals surface area contributed by atoms with E-state index in [-0.39, 0.29) is 5.97 Å².